The number of carbonyl (C=O) groups excluding carboxylic acids is 1. The average Bonchev–Trinajstić information content (AvgIpc) is 1.85. The Morgan fingerprint density at radius 3 is 2.31 bits per heavy atom. The Labute approximate surface area is 79.8 Å². The van der Waals surface area contributed by atoms with E-state index in [0.717, 1.165) is 0 Å². The van der Waals surface area contributed by atoms with E-state index in [9.17, 15) is 18.0 Å². The van der Waals surface area contributed by atoms with E-state index in [0.29, 0.717) is 0 Å². The molecule has 0 aliphatic rings. The second kappa shape index (κ2) is 6.04. The first-order chi connectivity index (χ1) is 5.38. The van der Waals surface area contributed by atoms with E-state index in [-0.39, 0.29) is 19.0 Å². The molecule has 0 rings (SSSR count). The van der Waals surface area contributed by atoms with Crippen molar-refractivity contribution in [1.82, 2.24) is 0 Å². The van der Waals surface area contributed by atoms with Crippen LogP contribution >= 0.6 is 12.4 Å². The van der Waals surface area contributed by atoms with Crippen LogP contribution in [0, 0.1) is 0 Å². The van der Waals surface area contributed by atoms with E-state index in [2.05, 4.69) is 10.5 Å². The van der Waals surface area contributed by atoms with Gasteiger partial charge in [0, 0.05) is 0 Å². The van der Waals surface area contributed by atoms with E-state index in [1.165, 1.54) is 6.92 Å². The molecule has 0 bridgehead atoms. The summed E-state index contributed by atoms with van der Waals surface area (Å²) in [6.45, 7) is 1.57. The molecule has 0 aromatic carbocycles. The van der Waals surface area contributed by atoms with Crippen LogP contribution in [0.5, 0.6) is 0 Å². The van der Waals surface area contributed by atoms with E-state index >= 15 is 0 Å². The molecule has 0 fully saturated rings. The van der Waals surface area contributed by atoms with E-state index < -0.39 is 24.6 Å². The lowest BCUT2D eigenvalue weighted by Gasteiger charge is -2.13. The summed E-state index contributed by atoms with van der Waals surface area (Å²) in [6.07, 6.45) is -5.36. The molecule has 13 heavy (non-hydrogen) atoms. The van der Waals surface area contributed by atoms with Gasteiger partial charge in [-0.2, -0.15) is 13.2 Å². The van der Waals surface area contributed by atoms with Crippen LogP contribution in [-0.2, 0) is 9.53 Å². The maximum absolute atomic E-state index is 11.7. The number of carbonyl (C=O) groups is 1. The van der Waals surface area contributed by atoms with Crippen molar-refractivity contribution < 1.29 is 22.7 Å². The lowest BCUT2D eigenvalue weighted by molar-refractivity contribution is -0.164. The van der Waals surface area contributed by atoms with E-state index in [1.54, 1.807) is 0 Å². The molecule has 3 nitrogen and oxygen atoms in total. The van der Waals surface area contributed by atoms with Gasteiger partial charge in [0.05, 0.1) is 13.0 Å². The highest BCUT2D eigenvalue weighted by atomic mass is 35.5. The molecule has 7 heteroatoms. The highest BCUT2D eigenvalue weighted by Crippen LogP contribution is 2.20. The van der Waals surface area contributed by atoms with Crippen molar-refractivity contribution in [1.29, 1.82) is 0 Å². The predicted octanol–water partition coefficient (Wildman–Crippen LogP) is 1.25. The standard InChI is InChI=1S/C6H10F3NO2.ClH/c1-2-12-5(11)3-4(10)6(7,8)9;/h4H,2-3,10H2,1H3;1H/t4-;/m0./s1. The van der Waals surface area contributed by atoms with Crippen LogP contribution < -0.4 is 5.73 Å². The number of alkyl halides is 3. The summed E-state index contributed by atoms with van der Waals surface area (Å²) in [5.74, 6) is -0.928. The number of rotatable bonds is 3. The van der Waals surface area contributed by atoms with Crippen molar-refractivity contribution in [3.8, 4) is 0 Å². The zero-order valence-electron chi connectivity index (χ0n) is 6.93. The van der Waals surface area contributed by atoms with Gasteiger partial charge in [-0.05, 0) is 6.92 Å². The van der Waals surface area contributed by atoms with Crippen LogP contribution in [-0.4, -0.2) is 24.8 Å². The Morgan fingerprint density at radius 1 is 1.54 bits per heavy atom. The molecule has 0 aliphatic carbocycles. The fourth-order valence-corrected chi connectivity index (χ4v) is 0.515. The highest BCUT2D eigenvalue weighted by molar-refractivity contribution is 5.85. The van der Waals surface area contributed by atoms with Crippen LogP contribution in [0.2, 0.25) is 0 Å². The van der Waals surface area contributed by atoms with Crippen molar-refractivity contribution >= 4 is 18.4 Å². The van der Waals surface area contributed by atoms with Crippen LogP contribution in [0.25, 0.3) is 0 Å². The Bertz CT molecular complexity index is 162. The number of hydrogen-bond donors (Lipinski definition) is 1. The quantitative estimate of drug-likeness (QED) is 0.730. The number of nitrogens with two attached hydrogens (primary N) is 1. The van der Waals surface area contributed by atoms with Gasteiger partial charge >= 0.3 is 12.1 Å². The molecule has 0 radical (unpaired) electrons. The van der Waals surface area contributed by atoms with Crippen molar-refractivity contribution in [2.75, 3.05) is 6.61 Å². The molecule has 0 aliphatic heterocycles. The molecule has 0 aromatic heterocycles. The fraction of sp³-hybridized carbons (Fsp3) is 0.833. The van der Waals surface area contributed by atoms with Crippen LogP contribution in [0.4, 0.5) is 13.2 Å². The SMILES string of the molecule is CCOC(=O)C[C@H](N)C(F)(F)F.Cl. The minimum absolute atomic E-state index is 0. The summed E-state index contributed by atoms with van der Waals surface area (Å²) < 4.78 is 39.4. The lowest BCUT2D eigenvalue weighted by atomic mass is 10.2. The third kappa shape index (κ3) is 6.65. The minimum atomic E-state index is -4.53. The number of hydrogen-bond acceptors (Lipinski definition) is 3. The number of esters is 1. The zero-order chi connectivity index (χ0) is 9.78. The third-order valence-electron chi connectivity index (χ3n) is 1.11. The van der Waals surface area contributed by atoms with Gasteiger partial charge in [0.25, 0.3) is 0 Å². The maximum atomic E-state index is 11.7. The second-order valence-corrected chi connectivity index (χ2v) is 2.16. The largest absolute Gasteiger partial charge is 0.466 e. The maximum Gasteiger partial charge on any atom is 0.404 e. The Kier molecular flexibility index (Phi) is 6.97. The molecule has 2 N–H and O–H groups in total. The van der Waals surface area contributed by atoms with Gasteiger partial charge in [-0.1, -0.05) is 0 Å². The summed E-state index contributed by atoms with van der Waals surface area (Å²) in [4.78, 5) is 10.5. The first-order valence-corrected chi connectivity index (χ1v) is 3.35. The molecule has 0 saturated carbocycles. The van der Waals surface area contributed by atoms with Gasteiger partial charge < -0.3 is 10.5 Å². The smallest absolute Gasteiger partial charge is 0.404 e. The normalized spacial score (nSPS) is 13.0. The molecule has 0 unspecified atom stereocenters. The van der Waals surface area contributed by atoms with Crippen molar-refractivity contribution in [3.05, 3.63) is 0 Å². The summed E-state index contributed by atoms with van der Waals surface area (Å²) in [7, 11) is 0. The van der Waals surface area contributed by atoms with Gasteiger partial charge in [-0.25, -0.2) is 0 Å². The van der Waals surface area contributed by atoms with Gasteiger partial charge in [0.2, 0.25) is 0 Å². The molecule has 0 spiro atoms. The van der Waals surface area contributed by atoms with Crippen molar-refractivity contribution in [2.45, 2.75) is 25.6 Å². The molecular weight excluding hydrogens is 211 g/mol. The highest BCUT2D eigenvalue weighted by Gasteiger charge is 2.38. The Balaban J connectivity index is 0. The monoisotopic (exact) mass is 221 g/mol. The van der Waals surface area contributed by atoms with Gasteiger partial charge in [-0.3, -0.25) is 4.79 Å². The Hall–Kier alpha value is -0.490. The second-order valence-electron chi connectivity index (χ2n) is 2.16. The molecule has 0 saturated heterocycles. The molecule has 0 amide bonds. The summed E-state index contributed by atoms with van der Waals surface area (Å²) in [5.41, 5.74) is 4.66. The van der Waals surface area contributed by atoms with Gasteiger partial charge in [0.15, 0.2) is 0 Å². The van der Waals surface area contributed by atoms with Crippen LogP contribution in [0.3, 0.4) is 0 Å². The lowest BCUT2D eigenvalue weighted by Crippen LogP contribution is -2.39. The summed E-state index contributed by atoms with van der Waals surface area (Å²) in [6, 6.07) is -2.13. The fourth-order valence-electron chi connectivity index (χ4n) is 0.515. The van der Waals surface area contributed by atoms with Crippen LogP contribution in [0.1, 0.15) is 13.3 Å². The van der Waals surface area contributed by atoms with E-state index in [4.69, 9.17) is 0 Å². The van der Waals surface area contributed by atoms with Gasteiger partial charge in [0.1, 0.15) is 6.04 Å². The zero-order valence-corrected chi connectivity index (χ0v) is 7.74. The van der Waals surface area contributed by atoms with Crippen molar-refractivity contribution in [3.63, 3.8) is 0 Å². The summed E-state index contributed by atoms with van der Waals surface area (Å²) in [5, 5.41) is 0. The molecule has 0 aromatic rings. The number of ether oxygens (including phenoxy) is 1. The average molecular weight is 222 g/mol. The summed E-state index contributed by atoms with van der Waals surface area (Å²) >= 11 is 0. The third-order valence-corrected chi connectivity index (χ3v) is 1.11. The topological polar surface area (TPSA) is 52.3 Å². The first-order valence-electron chi connectivity index (χ1n) is 3.35. The predicted molar refractivity (Wildman–Crippen MR) is 42.5 cm³/mol. The minimum Gasteiger partial charge on any atom is -0.466 e. The Morgan fingerprint density at radius 2 is 2.00 bits per heavy atom. The van der Waals surface area contributed by atoms with E-state index in [1.807, 2.05) is 0 Å². The number of halogens is 4. The molecular formula is C6H11ClF3NO2. The molecule has 80 valence electrons. The van der Waals surface area contributed by atoms with Gasteiger partial charge in [-0.15, -0.1) is 12.4 Å². The molecule has 0 heterocycles. The first kappa shape index (κ1) is 15.0. The molecule has 1 atom stereocenters. The van der Waals surface area contributed by atoms with Crippen LogP contribution in [0.15, 0.2) is 0 Å². The van der Waals surface area contributed by atoms with Crippen molar-refractivity contribution in [2.24, 2.45) is 5.73 Å².